The van der Waals surface area contributed by atoms with Crippen molar-refractivity contribution in [3.8, 4) is 40.0 Å². The average Bonchev–Trinajstić information content (AvgIpc) is 3.18. The molecule has 0 fully saturated rings. The molecule has 9 nitrogen and oxygen atoms in total. The van der Waals surface area contributed by atoms with Gasteiger partial charge in [0.2, 0.25) is 5.75 Å². The van der Waals surface area contributed by atoms with E-state index in [1.54, 1.807) is 43.5 Å². The van der Waals surface area contributed by atoms with Gasteiger partial charge in [-0.3, -0.25) is 4.79 Å². The van der Waals surface area contributed by atoms with Crippen LogP contribution < -0.4 is 29.4 Å². The van der Waals surface area contributed by atoms with Crippen molar-refractivity contribution in [2.45, 2.75) is 0 Å². The molecule has 0 saturated heterocycles. The normalized spacial score (nSPS) is 10.4. The number of benzene rings is 2. The number of nitrogen functional groups attached to an aromatic ring is 1. The highest BCUT2D eigenvalue weighted by molar-refractivity contribution is 5.99. The summed E-state index contributed by atoms with van der Waals surface area (Å²) in [5, 5.41) is 4.17. The zero-order valence-corrected chi connectivity index (χ0v) is 17.4. The molecule has 0 bridgehead atoms. The van der Waals surface area contributed by atoms with Crippen LogP contribution in [0, 0.1) is 0 Å². The van der Waals surface area contributed by atoms with Crippen molar-refractivity contribution in [2.24, 2.45) is 0 Å². The first kappa shape index (κ1) is 20.8. The number of hydrogen-bond acceptors (Lipinski definition) is 8. The first-order chi connectivity index (χ1) is 14.5. The number of methoxy groups -OCH3 is 5. The molecule has 3 aromatic rings. The molecule has 158 valence electrons. The van der Waals surface area contributed by atoms with Gasteiger partial charge in [-0.1, -0.05) is 0 Å². The summed E-state index contributed by atoms with van der Waals surface area (Å²) >= 11 is 0. The van der Waals surface area contributed by atoms with Crippen molar-refractivity contribution in [1.82, 2.24) is 9.78 Å². The summed E-state index contributed by atoms with van der Waals surface area (Å²) in [7, 11) is 7.53. The Bertz CT molecular complexity index is 1050. The molecule has 0 aliphatic heterocycles. The minimum absolute atomic E-state index is 0.195. The maximum Gasteiger partial charge on any atom is 0.279 e. The molecule has 0 amide bonds. The monoisotopic (exact) mass is 413 g/mol. The van der Waals surface area contributed by atoms with Gasteiger partial charge in [-0.15, -0.1) is 5.10 Å². The minimum Gasteiger partial charge on any atom is -0.493 e. The molecule has 3 rings (SSSR count). The van der Waals surface area contributed by atoms with Gasteiger partial charge in [-0.25, -0.2) is 0 Å². The van der Waals surface area contributed by atoms with Crippen molar-refractivity contribution in [3.63, 3.8) is 0 Å². The van der Waals surface area contributed by atoms with Gasteiger partial charge in [0.25, 0.3) is 5.91 Å². The molecule has 0 radical (unpaired) electrons. The number of ether oxygens (including phenoxy) is 5. The standard InChI is InChI=1S/C21H23N3O6/c1-26-15-7-6-12(8-16(15)27-2)14-11-19(22)23-24(14)21(25)13-9-17(28-3)20(30-5)18(10-13)29-4/h6-11H,1-5H3,(H2,22,23). The van der Waals surface area contributed by atoms with Crippen LogP contribution in [0.2, 0.25) is 0 Å². The lowest BCUT2D eigenvalue weighted by molar-refractivity contribution is 0.0946. The molecular formula is C21H23N3O6. The third-order valence-corrected chi connectivity index (χ3v) is 4.51. The summed E-state index contributed by atoms with van der Waals surface area (Å²) in [5.74, 6) is 1.95. The zero-order chi connectivity index (χ0) is 21.8. The Labute approximate surface area is 173 Å². The predicted molar refractivity (Wildman–Crippen MR) is 111 cm³/mol. The van der Waals surface area contributed by atoms with Crippen molar-refractivity contribution in [3.05, 3.63) is 42.0 Å². The van der Waals surface area contributed by atoms with E-state index >= 15 is 0 Å². The Kier molecular flexibility index (Phi) is 6.01. The highest BCUT2D eigenvalue weighted by Gasteiger charge is 2.22. The second kappa shape index (κ2) is 8.64. The quantitative estimate of drug-likeness (QED) is 0.630. The van der Waals surface area contributed by atoms with E-state index in [0.717, 1.165) is 0 Å². The van der Waals surface area contributed by atoms with Crippen molar-refractivity contribution in [1.29, 1.82) is 0 Å². The fourth-order valence-corrected chi connectivity index (χ4v) is 3.08. The Morgan fingerprint density at radius 1 is 0.800 bits per heavy atom. The molecule has 0 aliphatic rings. The number of rotatable bonds is 7. The number of aromatic nitrogens is 2. The first-order valence-corrected chi connectivity index (χ1v) is 8.90. The summed E-state index contributed by atoms with van der Waals surface area (Å²) in [6.45, 7) is 0. The predicted octanol–water partition coefficient (Wildman–Crippen LogP) is 2.86. The van der Waals surface area contributed by atoms with Crippen molar-refractivity contribution in [2.75, 3.05) is 41.3 Å². The Morgan fingerprint density at radius 3 is 1.93 bits per heavy atom. The third kappa shape index (κ3) is 3.69. The Morgan fingerprint density at radius 2 is 1.40 bits per heavy atom. The van der Waals surface area contributed by atoms with E-state index in [0.29, 0.717) is 40.0 Å². The van der Waals surface area contributed by atoms with E-state index in [1.165, 1.54) is 33.1 Å². The smallest absolute Gasteiger partial charge is 0.279 e. The second-order valence-corrected chi connectivity index (χ2v) is 6.16. The van der Waals surface area contributed by atoms with Gasteiger partial charge in [-0.05, 0) is 30.3 Å². The Balaban J connectivity index is 2.12. The van der Waals surface area contributed by atoms with Crippen LogP contribution >= 0.6 is 0 Å². The third-order valence-electron chi connectivity index (χ3n) is 4.51. The lowest BCUT2D eigenvalue weighted by Gasteiger charge is -2.14. The average molecular weight is 413 g/mol. The summed E-state index contributed by atoms with van der Waals surface area (Å²) in [6.07, 6.45) is 0. The fourth-order valence-electron chi connectivity index (χ4n) is 3.08. The SMILES string of the molecule is COc1ccc(-c2cc(N)nn2C(=O)c2cc(OC)c(OC)c(OC)c2)cc1OC. The number of nitrogens with two attached hydrogens (primary N) is 1. The number of hydrogen-bond donors (Lipinski definition) is 1. The van der Waals surface area contributed by atoms with Gasteiger partial charge in [0.05, 0.1) is 41.2 Å². The number of nitrogens with zero attached hydrogens (tertiary/aromatic N) is 2. The van der Waals surface area contributed by atoms with Gasteiger partial charge >= 0.3 is 0 Å². The maximum absolute atomic E-state index is 13.3. The summed E-state index contributed by atoms with van der Waals surface area (Å²) in [4.78, 5) is 13.3. The van der Waals surface area contributed by atoms with E-state index in [9.17, 15) is 4.79 Å². The van der Waals surface area contributed by atoms with Gasteiger partial charge < -0.3 is 29.4 Å². The molecule has 1 heterocycles. The highest BCUT2D eigenvalue weighted by Crippen LogP contribution is 2.39. The van der Waals surface area contributed by atoms with Crippen LogP contribution in [0.15, 0.2) is 36.4 Å². The fraction of sp³-hybridized carbons (Fsp3) is 0.238. The first-order valence-electron chi connectivity index (χ1n) is 8.90. The van der Waals surface area contributed by atoms with Gasteiger partial charge in [0, 0.05) is 17.2 Å². The second-order valence-electron chi connectivity index (χ2n) is 6.16. The van der Waals surface area contributed by atoms with E-state index < -0.39 is 5.91 Å². The number of anilines is 1. The van der Waals surface area contributed by atoms with Crippen LogP contribution in [0.3, 0.4) is 0 Å². The molecule has 30 heavy (non-hydrogen) atoms. The van der Waals surface area contributed by atoms with Crippen molar-refractivity contribution < 1.29 is 28.5 Å². The molecule has 0 unspecified atom stereocenters. The molecule has 9 heteroatoms. The maximum atomic E-state index is 13.3. The van der Waals surface area contributed by atoms with Gasteiger partial charge in [0.1, 0.15) is 5.82 Å². The largest absolute Gasteiger partial charge is 0.493 e. The molecular weight excluding hydrogens is 390 g/mol. The number of carbonyl (C=O) groups is 1. The summed E-state index contributed by atoms with van der Waals surface area (Å²) in [6, 6.07) is 9.99. The van der Waals surface area contributed by atoms with Crippen LogP contribution in [0.5, 0.6) is 28.7 Å². The molecule has 2 aromatic carbocycles. The van der Waals surface area contributed by atoms with E-state index in [1.807, 2.05) is 0 Å². The van der Waals surface area contributed by atoms with Crippen LogP contribution in [-0.2, 0) is 0 Å². The minimum atomic E-state index is -0.421. The van der Waals surface area contributed by atoms with E-state index in [2.05, 4.69) is 5.10 Å². The number of carbonyl (C=O) groups excluding carboxylic acids is 1. The topological polar surface area (TPSA) is 107 Å². The summed E-state index contributed by atoms with van der Waals surface area (Å²) < 4.78 is 27.8. The lowest BCUT2D eigenvalue weighted by atomic mass is 10.1. The highest BCUT2D eigenvalue weighted by atomic mass is 16.5. The van der Waals surface area contributed by atoms with Crippen LogP contribution in [0.1, 0.15) is 10.4 Å². The molecule has 1 aromatic heterocycles. The molecule has 0 atom stereocenters. The van der Waals surface area contributed by atoms with Crippen molar-refractivity contribution >= 4 is 11.7 Å². The zero-order valence-electron chi connectivity index (χ0n) is 17.4. The van der Waals surface area contributed by atoms with Crippen LogP contribution in [-0.4, -0.2) is 51.2 Å². The lowest BCUT2D eigenvalue weighted by Crippen LogP contribution is -2.16. The van der Waals surface area contributed by atoms with Crippen LogP contribution in [0.25, 0.3) is 11.3 Å². The van der Waals surface area contributed by atoms with Gasteiger partial charge in [0.15, 0.2) is 23.0 Å². The van der Waals surface area contributed by atoms with E-state index in [4.69, 9.17) is 29.4 Å². The Hall–Kier alpha value is -3.88. The molecule has 2 N–H and O–H groups in total. The molecule has 0 spiro atoms. The molecule has 0 saturated carbocycles. The molecule has 0 aliphatic carbocycles. The summed E-state index contributed by atoms with van der Waals surface area (Å²) in [5.41, 5.74) is 7.37. The van der Waals surface area contributed by atoms with Crippen LogP contribution in [0.4, 0.5) is 5.82 Å². The van der Waals surface area contributed by atoms with E-state index in [-0.39, 0.29) is 11.4 Å². The van der Waals surface area contributed by atoms with Gasteiger partial charge in [-0.2, -0.15) is 4.68 Å².